The van der Waals surface area contributed by atoms with Crippen LogP contribution >= 0.6 is 0 Å². The molecule has 0 saturated carbocycles. The molecule has 1 aliphatic rings. The van der Waals surface area contributed by atoms with Crippen molar-refractivity contribution < 1.29 is 13.2 Å². The van der Waals surface area contributed by atoms with Crippen LogP contribution in [0.5, 0.6) is 0 Å². The van der Waals surface area contributed by atoms with Crippen LogP contribution in [-0.2, 0) is 21.3 Å². The second-order valence-corrected chi connectivity index (χ2v) is 5.83. The van der Waals surface area contributed by atoms with E-state index in [0.29, 0.717) is 26.1 Å². The molecule has 6 nitrogen and oxygen atoms in total. The maximum absolute atomic E-state index is 11.9. The summed E-state index contributed by atoms with van der Waals surface area (Å²) in [5, 5.41) is 6.07. The predicted octanol–water partition coefficient (Wildman–Crippen LogP) is 0.00810. The molecule has 16 heavy (non-hydrogen) atoms. The summed E-state index contributed by atoms with van der Waals surface area (Å²) in [6.07, 6.45) is 4.42. The maximum atomic E-state index is 11.9. The Bertz CT molecular complexity index is 409. The predicted molar refractivity (Wildman–Crippen MR) is 58.2 cm³/mol. The number of H-pyrrole nitrogens is 1. The molecule has 1 saturated heterocycles. The summed E-state index contributed by atoms with van der Waals surface area (Å²) >= 11 is 0. The smallest absolute Gasteiger partial charge is 0.214 e. The number of ether oxygens (including phenoxy) is 1. The second-order valence-electron chi connectivity index (χ2n) is 3.78. The number of hydrogen-bond acceptors (Lipinski definition) is 4. The average molecular weight is 245 g/mol. The zero-order valence-corrected chi connectivity index (χ0v) is 9.66. The highest BCUT2D eigenvalue weighted by Crippen LogP contribution is 2.14. The fourth-order valence-electron chi connectivity index (χ4n) is 1.66. The van der Waals surface area contributed by atoms with Crippen LogP contribution in [0.4, 0.5) is 0 Å². The third kappa shape index (κ3) is 2.81. The lowest BCUT2D eigenvalue weighted by Gasteiger charge is -2.22. The first-order valence-electron chi connectivity index (χ1n) is 5.22. The summed E-state index contributed by atoms with van der Waals surface area (Å²) in [4.78, 5) is 0. The van der Waals surface area contributed by atoms with Crippen LogP contribution in [0.3, 0.4) is 0 Å². The minimum atomic E-state index is -3.23. The molecule has 90 valence electrons. The molecule has 0 atom stereocenters. The van der Waals surface area contributed by atoms with Crippen molar-refractivity contribution >= 4 is 10.0 Å². The van der Waals surface area contributed by atoms with Crippen LogP contribution in [0.15, 0.2) is 12.4 Å². The molecule has 0 radical (unpaired) electrons. The van der Waals surface area contributed by atoms with Gasteiger partial charge < -0.3 is 4.74 Å². The number of aromatic nitrogens is 2. The van der Waals surface area contributed by atoms with Gasteiger partial charge in [0, 0.05) is 31.5 Å². The van der Waals surface area contributed by atoms with Crippen LogP contribution in [0.25, 0.3) is 0 Å². The summed E-state index contributed by atoms with van der Waals surface area (Å²) in [6, 6.07) is 0. The van der Waals surface area contributed by atoms with Crippen molar-refractivity contribution in [2.45, 2.75) is 24.6 Å². The SMILES string of the molecule is O=S(=O)(NCc1cn[nH]c1)C1CCOCC1. The van der Waals surface area contributed by atoms with E-state index in [2.05, 4.69) is 14.9 Å². The van der Waals surface area contributed by atoms with Crippen LogP contribution < -0.4 is 4.72 Å². The summed E-state index contributed by atoms with van der Waals surface area (Å²) in [5.74, 6) is 0. The number of nitrogens with zero attached hydrogens (tertiary/aromatic N) is 1. The first-order valence-corrected chi connectivity index (χ1v) is 6.77. The lowest BCUT2D eigenvalue weighted by molar-refractivity contribution is 0.0981. The van der Waals surface area contributed by atoms with Crippen molar-refractivity contribution in [1.82, 2.24) is 14.9 Å². The Morgan fingerprint density at radius 2 is 2.25 bits per heavy atom. The number of rotatable bonds is 4. The molecule has 1 aromatic rings. The Labute approximate surface area is 94.4 Å². The summed E-state index contributed by atoms with van der Waals surface area (Å²) in [7, 11) is -3.23. The monoisotopic (exact) mass is 245 g/mol. The summed E-state index contributed by atoms with van der Waals surface area (Å²) in [5.41, 5.74) is 0.829. The zero-order valence-electron chi connectivity index (χ0n) is 8.85. The van der Waals surface area contributed by atoms with Gasteiger partial charge in [-0.1, -0.05) is 0 Å². The molecular formula is C9H15N3O3S. The zero-order chi connectivity index (χ0) is 11.4. The van der Waals surface area contributed by atoms with Crippen molar-refractivity contribution in [3.05, 3.63) is 18.0 Å². The van der Waals surface area contributed by atoms with Gasteiger partial charge in [-0.25, -0.2) is 13.1 Å². The van der Waals surface area contributed by atoms with Crippen LogP contribution in [0.1, 0.15) is 18.4 Å². The van der Waals surface area contributed by atoms with Crippen molar-refractivity contribution in [2.24, 2.45) is 0 Å². The minimum absolute atomic E-state index is 0.288. The fourth-order valence-corrected chi connectivity index (χ4v) is 3.08. The van der Waals surface area contributed by atoms with Gasteiger partial charge in [0.1, 0.15) is 0 Å². The lowest BCUT2D eigenvalue weighted by Crippen LogP contribution is -2.37. The molecule has 1 aromatic heterocycles. The highest BCUT2D eigenvalue weighted by atomic mass is 32.2. The maximum Gasteiger partial charge on any atom is 0.214 e. The van der Waals surface area contributed by atoms with Gasteiger partial charge in [-0.15, -0.1) is 0 Å². The highest BCUT2D eigenvalue weighted by Gasteiger charge is 2.27. The number of aromatic amines is 1. The van der Waals surface area contributed by atoms with Gasteiger partial charge in [0.25, 0.3) is 0 Å². The van der Waals surface area contributed by atoms with Crippen LogP contribution in [0.2, 0.25) is 0 Å². The summed E-state index contributed by atoms with van der Waals surface area (Å²) in [6.45, 7) is 1.34. The molecule has 0 aliphatic carbocycles. The Hall–Kier alpha value is -0.920. The quantitative estimate of drug-likeness (QED) is 0.782. The molecule has 1 aliphatic heterocycles. The molecule has 0 unspecified atom stereocenters. The molecule has 1 fully saturated rings. The van der Waals surface area contributed by atoms with Gasteiger partial charge >= 0.3 is 0 Å². The Balaban J connectivity index is 1.91. The third-order valence-corrected chi connectivity index (χ3v) is 4.54. The Morgan fingerprint density at radius 3 is 2.88 bits per heavy atom. The number of nitrogens with one attached hydrogen (secondary N) is 2. The van der Waals surface area contributed by atoms with Gasteiger partial charge in [0.2, 0.25) is 10.0 Å². The van der Waals surface area contributed by atoms with E-state index in [4.69, 9.17) is 4.74 Å². The fraction of sp³-hybridized carbons (Fsp3) is 0.667. The van der Waals surface area contributed by atoms with Crippen LogP contribution in [-0.4, -0.2) is 37.1 Å². The van der Waals surface area contributed by atoms with Crippen molar-refractivity contribution in [3.63, 3.8) is 0 Å². The highest BCUT2D eigenvalue weighted by molar-refractivity contribution is 7.90. The van der Waals surface area contributed by atoms with Crippen molar-refractivity contribution in [2.75, 3.05) is 13.2 Å². The van der Waals surface area contributed by atoms with Gasteiger partial charge in [0.05, 0.1) is 11.4 Å². The van der Waals surface area contributed by atoms with Crippen LogP contribution in [0, 0.1) is 0 Å². The molecule has 7 heteroatoms. The largest absolute Gasteiger partial charge is 0.381 e. The molecule has 2 N–H and O–H groups in total. The Morgan fingerprint density at radius 1 is 1.50 bits per heavy atom. The molecule has 0 bridgehead atoms. The first kappa shape index (κ1) is 11.6. The Kier molecular flexibility index (Phi) is 3.57. The second kappa shape index (κ2) is 4.94. The summed E-state index contributed by atoms with van der Waals surface area (Å²) < 4.78 is 31.5. The van der Waals surface area contributed by atoms with E-state index in [1.165, 1.54) is 0 Å². The van der Waals surface area contributed by atoms with Gasteiger partial charge in [-0.3, -0.25) is 5.10 Å². The molecule has 2 rings (SSSR count). The van der Waals surface area contributed by atoms with Gasteiger partial charge in [-0.2, -0.15) is 5.10 Å². The van der Waals surface area contributed by atoms with E-state index in [0.717, 1.165) is 5.56 Å². The van der Waals surface area contributed by atoms with E-state index >= 15 is 0 Å². The standard InChI is InChI=1S/C9H15N3O3S/c13-16(14,9-1-3-15-4-2-9)12-7-8-5-10-11-6-8/h5-6,9,12H,1-4,7H2,(H,10,11). The van der Waals surface area contributed by atoms with E-state index in [9.17, 15) is 8.42 Å². The van der Waals surface area contributed by atoms with Crippen molar-refractivity contribution in [1.29, 1.82) is 0 Å². The number of sulfonamides is 1. The molecule has 0 aromatic carbocycles. The van der Waals surface area contributed by atoms with E-state index in [1.54, 1.807) is 12.4 Å². The van der Waals surface area contributed by atoms with E-state index in [-0.39, 0.29) is 11.8 Å². The van der Waals surface area contributed by atoms with Gasteiger partial charge in [-0.05, 0) is 12.8 Å². The molecule has 0 spiro atoms. The number of hydrogen-bond donors (Lipinski definition) is 2. The lowest BCUT2D eigenvalue weighted by atomic mass is 10.2. The van der Waals surface area contributed by atoms with E-state index < -0.39 is 10.0 Å². The normalized spacial score (nSPS) is 18.8. The third-order valence-electron chi connectivity index (χ3n) is 2.64. The molecule has 0 amide bonds. The van der Waals surface area contributed by atoms with Gasteiger partial charge in [0.15, 0.2) is 0 Å². The first-order chi connectivity index (χ1) is 7.68. The molecular weight excluding hydrogens is 230 g/mol. The average Bonchev–Trinajstić information content (AvgIpc) is 2.81. The minimum Gasteiger partial charge on any atom is -0.381 e. The van der Waals surface area contributed by atoms with E-state index in [1.807, 2.05) is 0 Å². The van der Waals surface area contributed by atoms with Crippen molar-refractivity contribution in [3.8, 4) is 0 Å². The molecule has 2 heterocycles. The topological polar surface area (TPSA) is 84.1 Å².